The van der Waals surface area contributed by atoms with Crippen molar-refractivity contribution in [1.29, 1.82) is 0 Å². The van der Waals surface area contributed by atoms with Crippen molar-refractivity contribution >= 4 is 46.0 Å². The van der Waals surface area contributed by atoms with Crippen LogP contribution in [-0.4, -0.2) is 16.9 Å². The molecule has 0 radical (unpaired) electrons. The van der Waals surface area contributed by atoms with E-state index in [1.54, 1.807) is 36.4 Å². The van der Waals surface area contributed by atoms with Gasteiger partial charge in [0.05, 0.1) is 5.69 Å². The first-order valence-corrected chi connectivity index (χ1v) is 10.3. The molecular formula is C22H19ClN2O3S. The van der Waals surface area contributed by atoms with Gasteiger partial charge in [0.15, 0.2) is 5.13 Å². The number of benzene rings is 2. The fraction of sp³-hybridized carbons (Fsp3) is 0.136. The first-order valence-electron chi connectivity index (χ1n) is 9.05. The zero-order chi connectivity index (χ0) is 20.6. The highest BCUT2D eigenvalue weighted by atomic mass is 35.5. The van der Waals surface area contributed by atoms with Gasteiger partial charge in [0, 0.05) is 34.0 Å². The molecule has 1 aromatic heterocycles. The summed E-state index contributed by atoms with van der Waals surface area (Å²) in [4.78, 5) is 28.4. The van der Waals surface area contributed by atoms with Crippen LogP contribution in [0.15, 0.2) is 60.0 Å². The number of aromatic nitrogens is 1. The Hall–Kier alpha value is -2.96. The van der Waals surface area contributed by atoms with Crippen LogP contribution in [0, 0.1) is 0 Å². The number of esters is 1. The minimum Gasteiger partial charge on any atom is -0.426 e. The number of anilines is 1. The van der Waals surface area contributed by atoms with Crippen molar-refractivity contribution in [2.24, 2.45) is 0 Å². The zero-order valence-corrected chi connectivity index (χ0v) is 17.3. The molecule has 0 aliphatic heterocycles. The van der Waals surface area contributed by atoms with Crippen LogP contribution in [0.2, 0.25) is 5.02 Å². The summed E-state index contributed by atoms with van der Waals surface area (Å²) in [7, 11) is 0. The molecule has 2 aromatic carbocycles. The van der Waals surface area contributed by atoms with E-state index in [2.05, 4.69) is 10.3 Å². The molecular weight excluding hydrogens is 408 g/mol. The summed E-state index contributed by atoms with van der Waals surface area (Å²) < 4.78 is 5.36. The molecule has 1 amide bonds. The molecule has 0 aliphatic carbocycles. The number of hydrogen-bond donors (Lipinski definition) is 1. The lowest BCUT2D eigenvalue weighted by Gasteiger charge is -2.06. The van der Waals surface area contributed by atoms with Crippen LogP contribution in [0.1, 0.15) is 25.3 Å². The molecule has 3 aromatic rings. The number of nitrogens with zero attached hydrogens (tertiary/aromatic N) is 1. The monoisotopic (exact) mass is 426 g/mol. The molecule has 5 nitrogen and oxygen atoms in total. The van der Waals surface area contributed by atoms with Crippen LogP contribution >= 0.6 is 22.9 Å². The lowest BCUT2D eigenvalue weighted by molar-refractivity contribution is -0.134. The first kappa shape index (κ1) is 20.8. The van der Waals surface area contributed by atoms with E-state index in [9.17, 15) is 9.59 Å². The molecule has 29 heavy (non-hydrogen) atoms. The molecule has 0 saturated carbocycles. The molecule has 0 atom stereocenters. The second-order valence-electron chi connectivity index (χ2n) is 6.13. The molecule has 1 heterocycles. The number of para-hydroxylation sites is 1. The fourth-order valence-electron chi connectivity index (χ4n) is 2.49. The van der Waals surface area contributed by atoms with Crippen molar-refractivity contribution < 1.29 is 14.3 Å². The van der Waals surface area contributed by atoms with E-state index < -0.39 is 0 Å². The van der Waals surface area contributed by atoms with Crippen molar-refractivity contribution in [3.63, 3.8) is 0 Å². The largest absolute Gasteiger partial charge is 0.426 e. The average Bonchev–Trinajstić information content (AvgIpc) is 3.16. The highest BCUT2D eigenvalue weighted by Gasteiger charge is 2.09. The molecule has 0 unspecified atom stereocenters. The van der Waals surface area contributed by atoms with Crippen molar-refractivity contribution in [1.82, 2.24) is 4.98 Å². The Morgan fingerprint density at radius 1 is 1.17 bits per heavy atom. The van der Waals surface area contributed by atoms with E-state index >= 15 is 0 Å². The third-order valence-corrected chi connectivity index (χ3v) is 4.90. The number of amides is 1. The average molecular weight is 427 g/mol. The summed E-state index contributed by atoms with van der Waals surface area (Å²) in [6.45, 7) is 1.91. The van der Waals surface area contributed by atoms with Crippen LogP contribution in [0.3, 0.4) is 0 Å². The first-order chi connectivity index (χ1) is 14.0. The summed E-state index contributed by atoms with van der Waals surface area (Å²) in [6, 6.07) is 14.4. The minimum atomic E-state index is -0.323. The van der Waals surface area contributed by atoms with Gasteiger partial charge in [-0.25, -0.2) is 4.98 Å². The SMILES string of the molecule is CCCC(=O)Oc1ccccc1/C=C/C(=O)Nc1nc(-c2ccc(Cl)cc2)cs1. The molecule has 3 rings (SSSR count). The maximum Gasteiger partial charge on any atom is 0.311 e. The van der Waals surface area contributed by atoms with Gasteiger partial charge in [0.2, 0.25) is 5.91 Å². The van der Waals surface area contributed by atoms with Gasteiger partial charge in [-0.3, -0.25) is 14.9 Å². The van der Waals surface area contributed by atoms with Crippen LogP contribution in [0.4, 0.5) is 5.13 Å². The Morgan fingerprint density at radius 3 is 2.69 bits per heavy atom. The summed E-state index contributed by atoms with van der Waals surface area (Å²) >= 11 is 7.24. The predicted octanol–water partition coefficient (Wildman–Crippen LogP) is 5.82. The van der Waals surface area contributed by atoms with Crippen LogP contribution in [0.25, 0.3) is 17.3 Å². The zero-order valence-electron chi connectivity index (χ0n) is 15.7. The molecule has 0 saturated heterocycles. The molecule has 148 valence electrons. The number of ether oxygens (including phenoxy) is 1. The van der Waals surface area contributed by atoms with Crippen molar-refractivity contribution in [2.45, 2.75) is 19.8 Å². The second kappa shape index (κ2) is 10.0. The van der Waals surface area contributed by atoms with Gasteiger partial charge in [-0.05, 0) is 30.7 Å². The number of carbonyl (C=O) groups is 2. The van der Waals surface area contributed by atoms with E-state index in [4.69, 9.17) is 16.3 Å². The summed E-state index contributed by atoms with van der Waals surface area (Å²) in [5, 5.41) is 5.76. The van der Waals surface area contributed by atoms with Gasteiger partial charge in [0.1, 0.15) is 5.75 Å². The van der Waals surface area contributed by atoms with Crippen molar-refractivity contribution in [2.75, 3.05) is 5.32 Å². The van der Waals surface area contributed by atoms with Crippen molar-refractivity contribution in [3.8, 4) is 17.0 Å². The van der Waals surface area contributed by atoms with Gasteiger partial charge >= 0.3 is 5.97 Å². The highest BCUT2D eigenvalue weighted by Crippen LogP contribution is 2.26. The molecule has 0 aliphatic rings. The Balaban J connectivity index is 1.65. The quantitative estimate of drug-likeness (QED) is 0.293. The molecule has 7 heteroatoms. The lowest BCUT2D eigenvalue weighted by atomic mass is 10.2. The van der Waals surface area contributed by atoms with E-state index in [1.807, 2.05) is 30.5 Å². The van der Waals surface area contributed by atoms with E-state index in [0.717, 1.165) is 11.3 Å². The third kappa shape index (κ3) is 6.01. The van der Waals surface area contributed by atoms with Crippen LogP contribution in [0.5, 0.6) is 5.75 Å². The standard InChI is InChI=1S/C22H19ClN2O3S/c1-2-5-21(27)28-19-7-4-3-6-16(19)10-13-20(26)25-22-24-18(14-29-22)15-8-11-17(23)12-9-15/h3-4,6-14H,2,5H2,1H3,(H,24,25,26)/b13-10+. The smallest absolute Gasteiger partial charge is 0.311 e. The molecule has 1 N–H and O–H groups in total. The number of rotatable bonds is 7. The van der Waals surface area contributed by atoms with Crippen LogP contribution < -0.4 is 10.1 Å². The van der Waals surface area contributed by atoms with Gasteiger partial charge in [-0.2, -0.15) is 0 Å². The summed E-state index contributed by atoms with van der Waals surface area (Å²) in [5.41, 5.74) is 2.33. The maximum atomic E-state index is 12.3. The lowest BCUT2D eigenvalue weighted by Crippen LogP contribution is -2.08. The maximum absolute atomic E-state index is 12.3. The fourth-order valence-corrected chi connectivity index (χ4v) is 3.33. The number of nitrogens with one attached hydrogen (secondary N) is 1. The number of thiazole rings is 1. The number of carbonyl (C=O) groups excluding carboxylic acids is 2. The highest BCUT2D eigenvalue weighted by molar-refractivity contribution is 7.14. The molecule has 0 spiro atoms. The van der Waals surface area contributed by atoms with Gasteiger partial charge in [-0.15, -0.1) is 11.3 Å². The molecule has 0 fully saturated rings. The Morgan fingerprint density at radius 2 is 1.93 bits per heavy atom. The van der Waals surface area contributed by atoms with Gasteiger partial charge < -0.3 is 4.74 Å². The molecule has 0 bridgehead atoms. The Kier molecular flexibility index (Phi) is 7.16. The van der Waals surface area contributed by atoms with Crippen molar-refractivity contribution in [3.05, 3.63) is 70.6 Å². The van der Waals surface area contributed by atoms with E-state index in [1.165, 1.54) is 17.4 Å². The van der Waals surface area contributed by atoms with Crippen LogP contribution in [-0.2, 0) is 9.59 Å². The predicted molar refractivity (Wildman–Crippen MR) is 117 cm³/mol. The summed E-state index contributed by atoms with van der Waals surface area (Å²) in [5.74, 6) is -0.193. The van der Waals surface area contributed by atoms with E-state index in [0.29, 0.717) is 34.3 Å². The third-order valence-electron chi connectivity index (χ3n) is 3.89. The summed E-state index contributed by atoms with van der Waals surface area (Å²) in [6.07, 6.45) is 4.05. The van der Waals surface area contributed by atoms with E-state index in [-0.39, 0.29) is 11.9 Å². The Bertz CT molecular complexity index is 1030. The number of halogens is 1. The van der Waals surface area contributed by atoms with Gasteiger partial charge in [0.25, 0.3) is 0 Å². The van der Waals surface area contributed by atoms with Gasteiger partial charge in [-0.1, -0.05) is 48.9 Å². The number of hydrogen-bond acceptors (Lipinski definition) is 5. The topological polar surface area (TPSA) is 68.3 Å². The minimum absolute atomic E-state index is 0.296. The second-order valence-corrected chi connectivity index (χ2v) is 7.42. The normalized spacial score (nSPS) is 10.8. The Labute approximate surface area is 178 Å².